The van der Waals surface area contributed by atoms with Crippen molar-refractivity contribution in [2.45, 2.75) is 26.3 Å². The maximum atomic E-state index is 11.9. The Kier molecular flexibility index (Phi) is 4.04. The zero-order valence-corrected chi connectivity index (χ0v) is 11.2. The number of hydrogen-bond donors (Lipinski definition) is 1. The summed E-state index contributed by atoms with van der Waals surface area (Å²) in [6.07, 6.45) is 0.290. The van der Waals surface area contributed by atoms with E-state index in [-0.39, 0.29) is 30.9 Å². The molecule has 1 aliphatic rings. The smallest absolute Gasteiger partial charge is 0.265 e. The van der Waals surface area contributed by atoms with E-state index in [0.29, 0.717) is 12.3 Å². The summed E-state index contributed by atoms with van der Waals surface area (Å²) in [6.45, 7) is 4.22. The van der Waals surface area contributed by atoms with E-state index in [0.717, 1.165) is 5.69 Å². The van der Waals surface area contributed by atoms with Crippen molar-refractivity contribution >= 4 is 17.5 Å². The Morgan fingerprint density at radius 1 is 1.42 bits per heavy atom. The lowest BCUT2D eigenvalue weighted by molar-refractivity contribution is -0.122. The minimum atomic E-state index is -0.115. The molecular formula is C14H18N2O3. The maximum Gasteiger partial charge on any atom is 0.265 e. The zero-order valence-electron chi connectivity index (χ0n) is 11.2. The van der Waals surface area contributed by atoms with E-state index in [1.54, 1.807) is 4.90 Å². The van der Waals surface area contributed by atoms with Crippen LogP contribution in [0.3, 0.4) is 0 Å². The number of rotatable bonds is 4. The van der Waals surface area contributed by atoms with Gasteiger partial charge in [0, 0.05) is 19.0 Å². The number of ether oxygens (including phenoxy) is 1. The average molecular weight is 262 g/mol. The van der Waals surface area contributed by atoms with Crippen LogP contribution in [0.15, 0.2) is 24.3 Å². The minimum absolute atomic E-state index is 0.0306. The molecule has 1 aromatic carbocycles. The Hall–Kier alpha value is -2.04. The molecule has 0 saturated carbocycles. The van der Waals surface area contributed by atoms with Crippen LogP contribution in [-0.2, 0) is 9.59 Å². The van der Waals surface area contributed by atoms with Crippen LogP contribution in [0.4, 0.5) is 5.69 Å². The molecule has 102 valence electrons. The maximum absolute atomic E-state index is 11.9. The summed E-state index contributed by atoms with van der Waals surface area (Å²) in [5.41, 5.74) is 0.732. The van der Waals surface area contributed by atoms with Crippen molar-refractivity contribution in [1.82, 2.24) is 5.32 Å². The molecule has 0 fully saturated rings. The first-order valence-electron chi connectivity index (χ1n) is 6.39. The van der Waals surface area contributed by atoms with Crippen molar-refractivity contribution in [3.8, 4) is 5.75 Å². The Labute approximate surface area is 112 Å². The van der Waals surface area contributed by atoms with Crippen molar-refractivity contribution in [3.63, 3.8) is 0 Å². The van der Waals surface area contributed by atoms with Crippen LogP contribution in [0.25, 0.3) is 0 Å². The van der Waals surface area contributed by atoms with Gasteiger partial charge in [-0.25, -0.2) is 0 Å². The molecule has 0 aromatic heterocycles. The van der Waals surface area contributed by atoms with Gasteiger partial charge in [0.2, 0.25) is 5.91 Å². The van der Waals surface area contributed by atoms with Gasteiger partial charge in [-0.3, -0.25) is 9.59 Å². The zero-order chi connectivity index (χ0) is 13.8. The van der Waals surface area contributed by atoms with Crippen LogP contribution < -0.4 is 15.0 Å². The molecule has 2 rings (SSSR count). The molecule has 0 spiro atoms. The number of nitrogens with one attached hydrogen (secondary N) is 1. The van der Waals surface area contributed by atoms with Crippen molar-refractivity contribution in [1.29, 1.82) is 0 Å². The van der Waals surface area contributed by atoms with Crippen LogP contribution in [0.5, 0.6) is 5.75 Å². The summed E-state index contributed by atoms with van der Waals surface area (Å²) >= 11 is 0. The molecule has 19 heavy (non-hydrogen) atoms. The van der Waals surface area contributed by atoms with Gasteiger partial charge >= 0.3 is 0 Å². The summed E-state index contributed by atoms with van der Waals surface area (Å²) in [5.74, 6) is 0.522. The second-order valence-corrected chi connectivity index (χ2v) is 4.77. The molecule has 1 aliphatic heterocycles. The summed E-state index contributed by atoms with van der Waals surface area (Å²) in [6, 6.07) is 7.47. The van der Waals surface area contributed by atoms with Crippen LogP contribution >= 0.6 is 0 Å². The van der Waals surface area contributed by atoms with Gasteiger partial charge in [0.25, 0.3) is 5.91 Å². The summed E-state index contributed by atoms with van der Waals surface area (Å²) in [4.78, 5) is 25.1. The lowest BCUT2D eigenvalue weighted by Gasteiger charge is -2.29. The predicted octanol–water partition coefficient (Wildman–Crippen LogP) is 1.33. The van der Waals surface area contributed by atoms with Gasteiger partial charge in [0.05, 0.1) is 5.69 Å². The Morgan fingerprint density at radius 3 is 2.89 bits per heavy atom. The number of benzene rings is 1. The predicted molar refractivity (Wildman–Crippen MR) is 72.2 cm³/mol. The van der Waals surface area contributed by atoms with E-state index in [9.17, 15) is 9.59 Å². The van der Waals surface area contributed by atoms with E-state index >= 15 is 0 Å². The van der Waals surface area contributed by atoms with Crippen molar-refractivity contribution in [3.05, 3.63) is 24.3 Å². The largest absolute Gasteiger partial charge is 0.482 e. The number of nitrogens with zero attached hydrogens (tertiary/aromatic N) is 1. The van der Waals surface area contributed by atoms with Gasteiger partial charge < -0.3 is 15.0 Å². The normalized spacial score (nSPS) is 14.1. The number of carbonyl (C=O) groups excluding carboxylic acids is 2. The van der Waals surface area contributed by atoms with Crippen molar-refractivity contribution < 1.29 is 14.3 Å². The molecule has 5 heteroatoms. The van der Waals surface area contributed by atoms with Gasteiger partial charge in [-0.1, -0.05) is 12.1 Å². The first kappa shape index (κ1) is 13.4. The highest BCUT2D eigenvalue weighted by atomic mass is 16.5. The fraction of sp³-hybridized carbons (Fsp3) is 0.429. The van der Waals surface area contributed by atoms with Gasteiger partial charge in [-0.15, -0.1) is 0 Å². The molecule has 1 heterocycles. The van der Waals surface area contributed by atoms with Crippen LogP contribution in [0.2, 0.25) is 0 Å². The van der Waals surface area contributed by atoms with E-state index in [2.05, 4.69) is 5.32 Å². The third-order valence-electron chi connectivity index (χ3n) is 2.82. The second kappa shape index (κ2) is 5.73. The number of fused-ring (bicyclic) bond motifs is 1. The standard InChI is InChI=1S/C14H18N2O3/c1-10(2)15-13(17)7-8-16-11-5-3-4-6-12(11)19-9-14(16)18/h3-6,10H,7-9H2,1-2H3,(H,15,17). The molecule has 0 unspecified atom stereocenters. The van der Waals surface area contributed by atoms with Gasteiger partial charge in [-0.2, -0.15) is 0 Å². The quantitative estimate of drug-likeness (QED) is 0.890. The van der Waals surface area contributed by atoms with E-state index in [1.165, 1.54) is 0 Å². The molecule has 1 aromatic rings. The van der Waals surface area contributed by atoms with E-state index < -0.39 is 0 Å². The third-order valence-corrected chi connectivity index (χ3v) is 2.82. The van der Waals surface area contributed by atoms with E-state index in [1.807, 2.05) is 38.1 Å². The summed E-state index contributed by atoms with van der Waals surface area (Å²) in [7, 11) is 0. The lowest BCUT2D eigenvalue weighted by Crippen LogP contribution is -2.41. The van der Waals surface area contributed by atoms with Crippen LogP contribution in [0, 0.1) is 0 Å². The SMILES string of the molecule is CC(C)NC(=O)CCN1C(=O)COc2ccccc21. The highest BCUT2D eigenvalue weighted by molar-refractivity contribution is 5.98. The molecular weight excluding hydrogens is 244 g/mol. The average Bonchev–Trinajstić information content (AvgIpc) is 2.36. The fourth-order valence-electron chi connectivity index (χ4n) is 2.01. The Balaban J connectivity index is 2.03. The van der Waals surface area contributed by atoms with Crippen LogP contribution in [0.1, 0.15) is 20.3 Å². The number of amides is 2. The van der Waals surface area contributed by atoms with Crippen molar-refractivity contribution in [2.24, 2.45) is 0 Å². The molecule has 1 N–H and O–H groups in total. The number of carbonyl (C=O) groups is 2. The third kappa shape index (κ3) is 3.24. The highest BCUT2D eigenvalue weighted by Gasteiger charge is 2.25. The topological polar surface area (TPSA) is 58.6 Å². The van der Waals surface area contributed by atoms with Gasteiger partial charge in [0.1, 0.15) is 5.75 Å². The van der Waals surface area contributed by atoms with Gasteiger partial charge in [0.15, 0.2) is 6.61 Å². The molecule has 0 aliphatic carbocycles. The monoisotopic (exact) mass is 262 g/mol. The molecule has 0 bridgehead atoms. The summed E-state index contributed by atoms with van der Waals surface area (Å²) < 4.78 is 5.35. The van der Waals surface area contributed by atoms with Crippen LogP contribution in [-0.4, -0.2) is 31.0 Å². The molecule has 0 radical (unpaired) electrons. The van der Waals surface area contributed by atoms with E-state index in [4.69, 9.17) is 4.74 Å². The molecule has 0 saturated heterocycles. The van der Waals surface area contributed by atoms with Crippen molar-refractivity contribution in [2.75, 3.05) is 18.1 Å². The minimum Gasteiger partial charge on any atom is -0.482 e. The highest BCUT2D eigenvalue weighted by Crippen LogP contribution is 2.31. The molecule has 0 atom stereocenters. The Bertz CT molecular complexity index is 485. The number of anilines is 1. The molecule has 2 amide bonds. The van der Waals surface area contributed by atoms with Gasteiger partial charge in [-0.05, 0) is 26.0 Å². The molecule has 5 nitrogen and oxygen atoms in total. The first-order valence-corrected chi connectivity index (χ1v) is 6.39. The fourth-order valence-corrected chi connectivity index (χ4v) is 2.01. The number of hydrogen-bond acceptors (Lipinski definition) is 3. The Morgan fingerprint density at radius 2 is 2.16 bits per heavy atom. The first-order chi connectivity index (χ1) is 9.08. The summed E-state index contributed by atoms with van der Waals surface area (Å²) in [5, 5.41) is 2.81. The second-order valence-electron chi connectivity index (χ2n) is 4.77. The lowest BCUT2D eigenvalue weighted by atomic mass is 10.2. The number of para-hydroxylation sites is 2.